The number of aliphatic carboxylic acids is 2. The topological polar surface area (TPSA) is 183 Å². The number of carboxylic acid groups (broad SMARTS) is 2. The molecule has 34 heavy (non-hydrogen) atoms. The Morgan fingerprint density at radius 1 is 1.24 bits per heavy atom. The Hall–Kier alpha value is -3.36. The fourth-order valence-electron chi connectivity index (χ4n) is 3.46. The molecule has 2 aliphatic heterocycles. The first-order chi connectivity index (χ1) is 16.3. The van der Waals surface area contributed by atoms with Gasteiger partial charge in [0, 0.05) is 11.5 Å². The molecule has 0 aliphatic carbocycles. The number of aromatic nitrogens is 2. The lowest BCUT2D eigenvalue weighted by Crippen LogP contribution is -2.70. The molecule has 3 heterocycles. The number of rotatable bonds is 9. The van der Waals surface area contributed by atoms with Gasteiger partial charge in [-0.1, -0.05) is 42.1 Å². The van der Waals surface area contributed by atoms with E-state index >= 15 is 0 Å². The number of fused-ring (bicyclic) bond motifs is 1. The zero-order valence-corrected chi connectivity index (χ0v) is 18.9. The predicted octanol–water partition coefficient (Wildman–Crippen LogP) is 0.261. The van der Waals surface area contributed by atoms with Gasteiger partial charge in [0.15, 0.2) is 6.10 Å². The number of benzene rings is 1. The largest absolute Gasteiger partial charge is 0.481 e. The molecule has 0 saturated carbocycles. The third-order valence-electron chi connectivity index (χ3n) is 5.03. The molecular weight excluding hydrogens is 488 g/mol. The molecule has 0 radical (unpaired) electrons. The van der Waals surface area contributed by atoms with Crippen LogP contribution in [0.4, 0.5) is 0 Å². The number of amides is 2. The van der Waals surface area contributed by atoms with Gasteiger partial charge < -0.3 is 25.1 Å². The molecular formula is C20H18N4O8S2. The Labute approximate surface area is 200 Å². The van der Waals surface area contributed by atoms with Crippen molar-refractivity contribution < 1.29 is 38.9 Å². The van der Waals surface area contributed by atoms with Crippen LogP contribution in [-0.4, -0.2) is 77.1 Å². The van der Waals surface area contributed by atoms with Crippen LogP contribution in [0.3, 0.4) is 0 Å². The van der Waals surface area contributed by atoms with Gasteiger partial charge in [0.25, 0.3) is 17.0 Å². The number of nitrogens with zero attached hydrogens (tertiary/aromatic N) is 3. The van der Waals surface area contributed by atoms with Gasteiger partial charge in [0.2, 0.25) is 5.89 Å². The fourth-order valence-corrected chi connectivity index (χ4v) is 5.72. The summed E-state index contributed by atoms with van der Waals surface area (Å²) in [5.74, 6) is -3.43. The van der Waals surface area contributed by atoms with Crippen LogP contribution < -0.4 is 5.32 Å². The molecule has 3 atom stereocenters. The average molecular weight is 507 g/mol. The van der Waals surface area contributed by atoms with Crippen molar-refractivity contribution in [1.29, 1.82) is 0 Å². The Kier molecular flexibility index (Phi) is 6.90. The quantitative estimate of drug-likeness (QED) is 0.269. The number of hydrogen-bond donors (Lipinski definition) is 4. The fraction of sp³-hybridized carbons (Fsp3) is 0.300. The highest BCUT2D eigenvalue weighted by atomic mass is 32.2. The smallest absolute Gasteiger partial charge is 0.352 e. The number of aliphatic hydroxyl groups excluding tert-OH is 1. The Morgan fingerprint density at radius 2 is 1.97 bits per heavy atom. The van der Waals surface area contributed by atoms with Crippen molar-refractivity contribution >= 4 is 47.3 Å². The predicted molar refractivity (Wildman–Crippen MR) is 117 cm³/mol. The lowest BCUT2D eigenvalue weighted by Gasteiger charge is -2.49. The van der Waals surface area contributed by atoms with Gasteiger partial charge >= 0.3 is 11.9 Å². The summed E-state index contributed by atoms with van der Waals surface area (Å²) < 4.78 is 5.22. The lowest BCUT2D eigenvalue weighted by atomic mass is 10.0. The number of β-lactam (4-membered cyclic amide) rings is 1. The van der Waals surface area contributed by atoms with Gasteiger partial charge in [-0.25, -0.2) is 4.79 Å². The molecule has 0 spiro atoms. The van der Waals surface area contributed by atoms with Crippen LogP contribution in [0.1, 0.15) is 17.6 Å². The van der Waals surface area contributed by atoms with E-state index in [-0.39, 0.29) is 28.3 Å². The van der Waals surface area contributed by atoms with Crippen LogP contribution in [0, 0.1) is 0 Å². The van der Waals surface area contributed by atoms with E-state index < -0.39 is 47.7 Å². The number of hydrogen-bond acceptors (Lipinski definition) is 10. The summed E-state index contributed by atoms with van der Waals surface area (Å²) in [5.41, 5.74) is 0.637. The molecule has 2 aromatic rings. The molecule has 178 valence electrons. The molecule has 12 nitrogen and oxygen atoms in total. The number of carbonyl (C=O) groups is 4. The summed E-state index contributed by atoms with van der Waals surface area (Å²) >= 11 is 2.31. The first-order valence-corrected chi connectivity index (χ1v) is 11.9. The van der Waals surface area contributed by atoms with Crippen molar-refractivity contribution in [2.75, 3.05) is 11.5 Å². The summed E-state index contributed by atoms with van der Waals surface area (Å²) in [6.07, 6.45) is -1.89. The normalized spacial score (nSPS) is 20.4. The third kappa shape index (κ3) is 4.78. The summed E-state index contributed by atoms with van der Waals surface area (Å²) in [5, 5.41) is 38.1. The molecule has 4 rings (SSSR count). The summed E-state index contributed by atoms with van der Waals surface area (Å²) in [7, 11) is 0. The first kappa shape index (κ1) is 23.8. The minimum atomic E-state index is -1.46. The monoisotopic (exact) mass is 506 g/mol. The standard InChI is InChI=1S/C20H18N4O8S2/c25-12(26)6-11-22-23-20(32-11)34-8-10-7-33-18-13(17(29)24(18)14(10)19(30)31)21-16(28)15(27)9-4-2-1-3-5-9/h1-5,13,15,18,27H,6-8H2,(H,21,28)(H,25,26)(H,30,31)/t13?,15?,18-/m0/s1. The molecule has 0 bridgehead atoms. The Balaban J connectivity index is 1.43. The van der Waals surface area contributed by atoms with Gasteiger partial charge in [0.05, 0.1) is 0 Å². The van der Waals surface area contributed by atoms with E-state index in [4.69, 9.17) is 9.52 Å². The maximum absolute atomic E-state index is 12.7. The van der Waals surface area contributed by atoms with E-state index in [2.05, 4.69) is 15.5 Å². The number of thioether (sulfide) groups is 2. The zero-order chi connectivity index (χ0) is 24.4. The van der Waals surface area contributed by atoms with E-state index in [1.54, 1.807) is 30.3 Å². The highest BCUT2D eigenvalue weighted by Crippen LogP contribution is 2.41. The number of carbonyl (C=O) groups excluding carboxylic acids is 2. The van der Waals surface area contributed by atoms with Crippen molar-refractivity contribution in [2.24, 2.45) is 0 Å². The summed E-state index contributed by atoms with van der Waals surface area (Å²) in [6.45, 7) is 0. The number of carboxylic acids is 2. The second-order valence-electron chi connectivity index (χ2n) is 7.29. The third-order valence-corrected chi connectivity index (χ3v) is 7.28. The lowest BCUT2D eigenvalue weighted by molar-refractivity contribution is -0.151. The van der Waals surface area contributed by atoms with E-state index in [9.17, 15) is 29.4 Å². The van der Waals surface area contributed by atoms with Crippen LogP contribution in [0.5, 0.6) is 0 Å². The van der Waals surface area contributed by atoms with Crippen molar-refractivity contribution in [3.8, 4) is 0 Å². The molecule has 1 aromatic carbocycles. The van der Waals surface area contributed by atoms with E-state index in [0.717, 1.165) is 16.7 Å². The van der Waals surface area contributed by atoms with Crippen molar-refractivity contribution in [3.63, 3.8) is 0 Å². The average Bonchev–Trinajstić information content (AvgIpc) is 3.26. The number of aliphatic hydroxyl groups is 1. The van der Waals surface area contributed by atoms with Crippen LogP contribution in [0.25, 0.3) is 0 Å². The SMILES string of the molecule is O=C(O)Cc1nnc(SCC2=C(C(=O)O)N3C(=O)C(NC(=O)C(O)c4ccccc4)[C@@H]3SC2)o1. The molecule has 2 aliphatic rings. The molecule has 1 fully saturated rings. The van der Waals surface area contributed by atoms with Gasteiger partial charge in [-0.15, -0.1) is 22.0 Å². The number of nitrogens with one attached hydrogen (secondary N) is 1. The minimum absolute atomic E-state index is 0.0743. The van der Waals surface area contributed by atoms with Crippen molar-refractivity contribution in [2.45, 2.75) is 29.2 Å². The molecule has 2 amide bonds. The second kappa shape index (κ2) is 9.87. The first-order valence-electron chi connectivity index (χ1n) is 9.86. The van der Waals surface area contributed by atoms with Gasteiger partial charge in [0.1, 0.15) is 23.5 Å². The molecule has 1 aromatic heterocycles. The van der Waals surface area contributed by atoms with Gasteiger partial charge in [-0.2, -0.15) is 0 Å². The van der Waals surface area contributed by atoms with E-state index in [1.165, 1.54) is 11.8 Å². The highest BCUT2D eigenvalue weighted by molar-refractivity contribution is 8.01. The summed E-state index contributed by atoms with van der Waals surface area (Å²) in [6, 6.07) is 7.28. The van der Waals surface area contributed by atoms with Crippen molar-refractivity contribution in [3.05, 3.63) is 53.1 Å². The van der Waals surface area contributed by atoms with E-state index in [0.29, 0.717) is 11.1 Å². The molecule has 4 N–H and O–H groups in total. The second-order valence-corrected chi connectivity index (χ2v) is 9.32. The highest BCUT2D eigenvalue weighted by Gasteiger charge is 2.54. The Bertz CT molecular complexity index is 1170. The van der Waals surface area contributed by atoms with Crippen LogP contribution >= 0.6 is 23.5 Å². The summed E-state index contributed by atoms with van der Waals surface area (Å²) in [4.78, 5) is 49.0. The van der Waals surface area contributed by atoms with Crippen LogP contribution in [0.2, 0.25) is 0 Å². The van der Waals surface area contributed by atoms with Crippen LogP contribution in [0.15, 0.2) is 51.2 Å². The van der Waals surface area contributed by atoms with Gasteiger partial charge in [-0.3, -0.25) is 19.3 Å². The Morgan fingerprint density at radius 3 is 2.65 bits per heavy atom. The molecule has 14 heteroatoms. The van der Waals surface area contributed by atoms with Gasteiger partial charge in [-0.05, 0) is 11.1 Å². The molecule has 1 saturated heterocycles. The zero-order valence-electron chi connectivity index (χ0n) is 17.3. The maximum atomic E-state index is 12.7. The van der Waals surface area contributed by atoms with Crippen molar-refractivity contribution in [1.82, 2.24) is 20.4 Å². The molecule has 2 unspecified atom stereocenters. The maximum Gasteiger partial charge on any atom is 0.352 e. The van der Waals surface area contributed by atoms with E-state index in [1.807, 2.05) is 0 Å². The minimum Gasteiger partial charge on any atom is -0.481 e. The van der Waals surface area contributed by atoms with Crippen LogP contribution in [-0.2, 0) is 25.6 Å².